The first-order valence-electron chi connectivity index (χ1n) is 9.06. The van der Waals surface area contributed by atoms with E-state index in [2.05, 4.69) is 4.74 Å². The van der Waals surface area contributed by atoms with Crippen molar-refractivity contribution in [2.24, 2.45) is 0 Å². The average Bonchev–Trinajstić information content (AvgIpc) is 3.26. The highest BCUT2D eigenvalue weighted by Gasteiger charge is 2.36. The number of hydrogen-bond donors (Lipinski definition) is 0. The molecular formula is C19H25NO7. The second kappa shape index (κ2) is 9.05. The van der Waals surface area contributed by atoms with E-state index in [1.807, 2.05) is 4.90 Å². The van der Waals surface area contributed by atoms with E-state index in [4.69, 9.17) is 18.9 Å². The normalized spacial score (nSPS) is 20.4. The van der Waals surface area contributed by atoms with Crippen molar-refractivity contribution in [1.29, 1.82) is 0 Å². The molecule has 0 aromatic heterocycles. The number of benzene rings is 1. The van der Waals surface area contributed by atoms with Gasteiger partial charge in [-0.15, -0.1) is 0 Å². The molecule has 2 saturated heterocycles. The largest absolute Gasteiger partial charge is 0.493 e. The fraction of sp³-hybridized carbons (Fsp3) is 0.579. The molecule has 27 heavy (non-hydrogen) atoms. The van der Waals surface area contributed by atoms with Gasteiger partial charge in [0.05, 0.1) is 33.5 Å². The third-order valence-electron chi connectivity index (χ3n) is 4.76. The first-order valence-corrected chi connectivity index (χ1v) is 9.06. The van der Waals surface area contributed by atoms with Crippen LogP contribution in [0.5, 0.6) is 11.5 Å². The molecule has 3 rings (SSSR count). The molecule has 0 N–H and O–H groups in total. The number of carbonyl (C=O) groups excluding carboxylic acids is 2. The number of ether oxygens (including phenoxy) is 5. The number of esters is 1. The zero-order chi connectivity index (χ0) is 19.2. The Morgan fingerprint density at radius 3 is 2.63 bits per heavy atom. The molecule has 0 radical (unpaired) electrons. The maximum Gasteiger partial charge on any atom is 0.343 e. The van der Waals surface area contributed by atoms with E-state index >= 15 is 0 Å². The van der Waals surface area contributed by atoms with Crippen LogP contribution in [0.2, 0.25) is 0 Å². The minimum atomic E-state index is -0.514. The van der Waals surface area contributed by atoms with Crippen molar-refractivity contribution in [3.05, 3.63) is 23.8 Å². The summed E-state index contributed by atoms with van der Waals surface area (Å²) in [6.45, 7) is 1.49. The van der Waals surface area contributed by atoms with E-state index in [0.29, 0.717) is 36.8 Å². The Labute approximate surface area is 158 Å². The van der Waals surface area contributed by atoms with E-state index in [0.717, 1.165) is 19.3 Å². The van der Waals surface area contributed by atoms with Crippen molar-refractivity contribution in [2.75, 3.05) is 40.6 Å². The maximum atomic E-state index is 13.1. The minimum Gasteiger partial charge on any atom is -0.493 e. The third kappa shape index (κ3) is 4.51. The van der Waals surface area contributed by atoms with Gasteiger partial charge in [0.25, 0.3) is 5.91 Å². The molecule has 8 heteroatoms. The maximum absolute atomic E-state index is 13.1. The molecule has 148 valence electrons. The smallest absolute Gasteiger partial charge is 0.343 e. The molecule has 0 bridgehead atoms. The predicted molar refractivity (Wildman–Crippen MR) is 94.9 cm³/mol. The highest BCUT2D eigenvalue weighted by atomic mass is 16.7. The molecule has 1 unspecified atom stereocenters. The van der Waals surface area contributed by atoms with Crippen LogP contribution in [0.25, 0.3) is 0 Å². The van der Waals surface area contributed by atoms with Crippen molar-refractivity contribution in [1.82, 2.24) is 4.90 Å². The molecule has 0 spiro atoms. The summed E-state index contributed by atoms with van der Waals surface area (Å²) < 4.78 is 26.6. The van der Waals surface area contributed by atoms with E-state index < -0.39 is 5.97 Å². The van der Waals surface area contributed by atoms with Gasteiger partial charge < -0.3 is 28.6 Å². The zero-order valence-electron chi connectivity index (χ0n) is 15.6. The zero-order valence-corrected chi connectivity index (χ0v) is 15.6. The fourth-order valence-corrected chi connectivity index (χ4v) is 3.38. The number of hydrogen-bond acceptors (Lipinski definition) is 7. The number of piperidine rings is 1. The second-order valence-corrected chi connectivity index (χ2v) is 6.40. The number of likely N-dealkylation sites (tertiary alicyclic amines) is 1. The number of amides is 1. The fourth-order valence-electron chi connectivity index (χ4n) is 3.38. The molecule has 2 fully saturated rings. The van der Waals surface area contributed by atoms with E-state index in [1.165, 1.54) is 14.2 Å². The number of methoxy groups -OCH3 is 2. The van der Waals surface area contributed by atoms with Gasteiger partial charge in [0.2, 0.25) is 0 Å². The Hall–Kier alpha value is -2.32. The van der Waals surface area contributed by atoms with Gasteiger partial charge in [0.1, 0.15) is 0 Å². The van der Waals surface area contributed by atoms with Crippen molar-refractivity contribution >= 4 is 11.9 Å². The van der Waals surface area contributed by atoms with Crippen LogP contribution in [0, 0.1) is 0 Å². The van der Waals surface area contributed by atoms with Gasteiger partial charge in [-0.2, -0.15) is 0 Å². The van der Waals surface area contributed by atoms with Gasteiger partial charge in [-0.05, 0) is 37.5 Å². The van der Waals surface area contributed by atoms with Crippen LogP contribution in [0.15, 0.2) is 18.2 Å². The quantitative estimate of drug-likeness (QED) is 0.695. The molecule has 1 aromatic rings. The average molecular weight is 379 g/mol. The van der Waals surface area contributed by atoms with E-state index in [9.17, 15) is 9.59 Å². The van der Waals surface area contributed by atoms with Crippen LogP contribution >= 0.6 is 0 Å². The van der Waals surface area contributed by atoms with Crippen molar-refractivity contribution in [3.63, 3.8) is 0 Å². The van der Waals surface area contributed by atoms with Crippen LogP contribution < -0.4 is 9.47 Å². The lowest BCUT2D eigenvalue weighted by atomic mass is 10.00. The monoisotopic (exact) mass is 379 g/mol. The molecule has 1 amide bonds. The van der Waals surface area contributed by atoms with Gasteiger partial charge in [-0.3, -0.25) is 4.79 Å². The lowest BCUT2D eigenvalue weighted by Gasteiger charge is -2.38. The summed E-state index contributed by atoms with van der Waals surface area (Å²) in [5.74, 6) is 0.119. The summed E-state index contributed by atoms with van der Waals surface area (Å²) in [6, 6.07) is 4.83. The van der Waals surface area contributed by atoms with E-state index in [1.54, 1.807) is 18.2 Å². The lowest BCUT2D eigenvalue weighted by molar-refractivity contribution is -0.142. The summed E-state index contributed by atoms with van der Waals surface area (Å²) in [5, 5.41) is 0. The molecule has 0 aliphatic carbocycles. The molecule has 1 aromatic carbocycles. The van der Waals surface area contributed by atoms with Crippen LogP contribution in [0.3, 0.4) is 0 Å². The second-order valence-electron chi connectivity index (χ2n) is 6.40. The Balaban J connectivity index is 1.78. The topological polar surface area (TPSA) is 83.5 Å². The van der Waals surface area contributed by atoms with E-state index in [-0.39, 0.29) is 24.8 Å². The summed E-state index contributed by atoms with van der Waals surface area (Å²) in [7, 11) is 2.78. The van der Waals surface area contributed by atoms with Crippen molar-refractivity contribution < 1.29 is 33.3 Å². The predicted octanol–water partition coefficient (Wildman–Crippen LogP) is 1.61. The van der Waals surface area contributed by atoms with Gasteiger partial charge >= 0.3 is 5.97 Å². The molecule has 2 heterocycles. The van der Waals surface area contributed by atoms with Gasteiger partial charge in [-0.25, -0.2) is 4.79 Å². The standard InChI is InChI=1S/C19H25NO7/c1-23-15-7-6-13(11-16(15)27-12-17(21)24-2)18(22)20-8-4-3-5-14(20)19-25-9-10-26-19/h6-7,11,14,19H,3-5,8-10,12H2,1-2H3. The Morgan fingerprint density at radius 1 is 1.15 bits per heavy atom. The Morgan fingerprint density at radius 2 is 1.93 bits per heavy atom. The lowest BCUT2D eigenvalue weighted by Crippen LogP contribution is -2.50. The first kappa shape index (κ1) is 19.4. The van der Waals surface area contributed by atoms with Crippen LogP contribution in [-0.4, -0.2) is 69.7 Å². The molecule has 0 saturated carbocycles. The number of carbonyl (C=O) groups is 2. The van der Waals surface area contributed by atoms with Crippen LogP contribution in [-0.2, 0) is 19.0 Å². The Kier molecular flexibility index (Phi) is 6.52. The molecule has 2 aliphatic heterocycles. The van der Waals surface area contributed by atoms with Crippen LogP contribution in [0.1, 0.15) is 29.6 Å². The van der Waals surface area contributed by atoms with Crippen molar-refractivity contribution in [3.8, 4) is 11.5 Å². The number of nitrogens with zero attached hydrogens (tertiary/aromatic N) is 1. The Bertz CT molecular complexity index is 672. The SMILES string of the molecule is COC(=O)COc1cc(C(=O)N2CCCCC2C2OCCO2)ccc1OC. The highest BCUT2D eigenvalue weighted by Crippen LogP contribution is 2.31. The third-order valence-corrected chi connectivity index (χ3v) is 4.76. The summed E-state index contributed by atoms with van der Waals surface area (Å²) in [4.78, 5) is 26.3. The summed E-state index contributed by atoms with van der Waals surface area (Å²) in [6.07, 6.45) is 2.45. The molecule has 1 atom stereocenters. The summed E-state index contributed by atoms with van der Waals surface area (Å²) in [5.41, 5.74) is 0.459. The minimum absolute atomic E-state index is 0.102. The molecular weight excluding hydrogens is 354 g/mol. The van der Waals surface area contributed by atoms with Gasteiger partial charge in [0.15, 0.2) is 24.4 Å². The molecule has 8 nitrogen and oxygen atoms in total. The van der Waals surface area contributed by atoms with Gasteiger partial charge in [0, 0.05) is 12.1 Å². The van der Waals surface area contributed by atoms with Crippen molar-refractivity contribution in [2.45, 2.75) is 31.6 Å². The summed E-state index contributed by atoms with van der Waals surface area (Å²) >= 11 is 0. The first-order chi connectivity index (χ1) is 13.1. The highest BCUT2D eigenvalue weighted by molar-refractivity contribution is 5.95. The molecule has 2 aliphatic rings. The van der Waals surface area contributed by atoms with Crippen LogP contribution in [0.4, 0.5) is 0 Å². The number of rotatable bonds is 6. The van der Waals surface area contributed by atoms with Gasteiger partial charge in [-0.1, -0.05) is 0 Å².